The van der Waals surface area contributed by atoms with Crippen molar-refractivity contribution in [3.63, 3.8) is 0 Å². The van der Waals surface area contributed by atoms with E-state index < -0.39 is 0 Å². The molecule has 1 aliphatic heterocycles. The molecule has 0 unspecified atom stereocenters. The Bertz CT molecular complexity index is 370. The quantitative estimate of drug-likeness (QED) is 0.797. The van der Waals surface area contributed by atoms with Crippen LogP contribution in [0.15, 0.2) is 15.7 Å². The van der Waals surface area contributed by atoms with E-state index in [-0.39, 0.29) is 0 Å². The van der Waals surface area contributed by atoms with Crippen LogP contribution in [0.5, 0.6) is 0 Å². The lowest BCUT2D eigenvalue weighted by Gasteiger charge is -2.21. The first-order chi connectivity index (χ1) is 8.28. The highest BCUT2D eigenvalue weighted by Crippen LogP contribution is 2.29. The van der Waals surface area contributed by atoms with Crippen molar-refractivity contribution in [2.75, 3.05) is 13.2 Å². The summed E-state index contributed by atoms with van der Waals surface area (Å²) < 4.78 is 6.26. The number of ether oxygens (including phenoxy) is 1. The van der Waals surface area contributed by atoms with E-state index in [1.54, 1.807) is 0 Å². The van der Waals surface area contributed by atoms with Crippen LogP contribution in [0.3, 0.4) is 0 Å². The average Bonchev–Trinajstić information content (AvgIpc) is 2.30. The predicted octanol–water partition coefficient (Wildman–Crippen LogP) is 3.46. The monoisotopic (exact) mass is 316 g/mol. The molecule has 0 radical (unpaired) electrons. The number of halogens is 1. The lowest BCUT2D eigenvalue weighted by molar-refractivity contribution is 0.1000. The zero-order chi connectivity index (χ0) is 12.1. The van der Waals surface area contributed by atoms with Crippen LogP contribution in [0.1, 0.15) is 32.0 Å². The highest BCUT2D eigenvalue weighted by atomic mass is 79.9. The van der Waals surface area contributed by atoms with Gasteiger partial charge in [-0.2, -0.15) is 0 Å². The van der Waals surface area contributed by atoms with Crippen LogP contribution >= 0.6 is 27.7 Å². The number of rotatable bonds is 4. The molecule has 0 aromatic carbocycles. The normalized spacial score (nSPS) is 17.3. The first kappa shape index (κ1) is 13.3. The maximum absolute atomic E-state index is 5.37. The third-order valence-corrected chi connectivity index (χ3v) is 4.31. The fourth-order valence-electron chi connectivity index (χ4n) is 1.80. The van der Waals surface area contributed by atoms with Crippen LogP contribution in [-0.4, -0.2) is 28.4 Å². The lowest BCUT2D eigenvalue weighted by Crippen LogP contribution is -2.17. The molecule has 1 aliphatic rings. The van der Waals surface area contributed by atoms with Crippen LogP contribution in [0.2, 0.25) is 0 Å². The standard InChI is InChI=1S/C12H17BrN2OS/c1-2-3-11-14-10(13)8-12(15-11)17-9-4-6-16-7-5-9/h8-9H,2-7H2,1H3. The smallest absolute Gasteiger partial charge is 0.130 e. The second-order valence-electron chi connectivity index (χ2n) is 4.12. The molecule has 1 fully saturated rings. The summed E-state index contributed by atoms with van der Waals surface area (Å²) in [7, 11) is 0. The summed E-state index contributed by atoms with van der Waals surface area (Å²) in [6.07, 6.45) is 4.27. The fourth-order valence-corrected chi connectivity index (χ4v) is 3.48. The largest absolute Gasteiger partial charge is 0.381 e. The second-order valence-corrected chi connectivity index (χ2v) is 6.26. The van der Waals surface area contributed by atoms with Crippen molar-refractivity contribution >= 4 is 27.7 Å². The molecule has 1 aromatic heterocycles. The molecule has 0 saturated carbocycles. The number of aryl methyl sites for hydroxylation is 1. The first-order valence-corrected chi connectivity index (χ1v) is 7.73. The van der Waals surface area contributed by atoms with Crippen LogP contribution in [0.4, 0.5) is 0 Å². The van der Waals surface area contributed by atoms with E-state index in [2.05, 4.69) is 32.8 Å². The molecule has 0 aliphatic carbocycles. The Hall–Kier alpha value is -0.130. The fraction of sp³-hybridized carbons (Fsp3) is 0.667. The van der Waals surface area contributed by atoms with Crippen molar-refractivity contribution in [2.45, 2.75) is 42.9 Å². The zero-order valence-electron chi connectivity index (χ0n) is 9.99. The van der Waals surface area contributed by atoms with Gasteiger partial charge in [-0.05, 0) is 35.2 Å². The Morgan fingerprint density at radius 1 is 1.41 bits per heavy atom. The zero-order valence-corrected chi connectivity index (χ0v) is 12.4. The van der Waals surface area contributed by atoms with E-state index in [4.69, 9.17) is 4.74 Å². The molecule has 1 saturated heterocycles. The topological polar surface area (TPSA) is 35.0 Å². The van der Waals surface area contributed by atoms with Crippen molar-refractivity contribution in [1.82, 2.24) is 9.97 Å². The summed E-state index contributed by atoms with van der Waals surface area (Å²) in [6, 6.07) is 2.01. The van der Waals surface area contributed by atoms with Gasteiger partial charge < -0.3 is 4.74 Å². The van der Waals surface area contributed by atoms with Gasteiger partial charge in [-0.25, -0.2) is 9.97 Å². The minimum Gasteiger partial charge on any atom is -0.381 e. The number of aromatic nitrogens is 2. The second kappa shape index (κ2) is 6.71. The van der Waals surface area contributed by atoms with Crippen LogP contribution in [0.25, 0.3) is 0 Å². The van der Waals surface area contributed by atoms with Crippen LogP contribution in [-0.2, 0) is 11.2 Å². The van der Waals surface area contributed by atoms with Gasteiger partial charge in [-0.1, -0.05) is 6.92 Å². The van der Waals surface area contributed by atoms with E-state index in [9.17, 15) is 0 Å². The molecule has 0 N–H and O–H groups in total. The predicted molar refractivity (Wildman–Crippen MR) is 73.4 cm³/mol. The molecule has 0 bridgehead atoms. The number of hydrogen-bond acceptors (Lipinski definition) is 4. The molecule has 0 atom stereocenters. The van der Waals surface area contributed by atoms with Crippen molar-refractivity contribution < 1.29 is 4.74 Å². The van der Waals surface area contributed by atoms with Crippen molar-refractivity contribution in [2.24, 2.45) is 0 Å². The lowest BCUT2D eigenvalue weighted by atomic mass is 10.2. The molecule has 5 heteroatoms. The Morgan fingerprint density at radius 2 is 2.18 bits per heavy atom. The Balaban J connectivity index is 2.03. The summed E-state index contributed by atoms with van der Waals surface area (Å²) in [5.41, 5.74) is 0. The molecular weight excluding hydrogens is 300 g/mol. The van der Waals surface area contributed by atoms with Crippen LogP contribution in [0, 0.1) is 0 Å². The molecule has 1 aromatic rings. The molecule has 0 spiro atoms. The van der Waals surface area contributed by atoms with Crippen molar-refractivity contribution in [1.29, 1.82) is 0 Å². The summed E-state index contributed by atoms with van der Waals surface area (Å²) in [5.74, 6) is 0.941. The summed E-state index contributed by atoms with van der Waals surface area (Å²) in [6.45, 7) is 3.91. The number of nitrogens with zero attached hydrogens (tertiary/aromatic N) is 2. The van der Waals surface area contributed by atoms with Gasteiger partial charge >= 0.3 is 0 Å². The number of hydrogen-bond donors (Lipinski definition) is 0. The molecular formula is C12H17BrN2OS. The van der Waals surface area contributed by atoms with E-state index in [0.29, 0.717) is 5.25 Å². The minimum atomic E-state index is 0.639. The molecule has 94 valence electrons. The van der Waals surface area contributed by atoms with Gasteiger partial charge in [-0.3, -0.25) is 0 Å². The van der Waals surface area contributed by atoms with Gasteiger partial charge in [0.2, 0.25) is 0 Å². The Labute approximate surface area is 115 Å². The highest BCUT2D eigenvalue weighted by molar-refractivity contribution is 9.10. The highest BCUT2D eigenvalue weighted by Gasteiger charge is 2.16. The summed E-state index contributed by atoms with van der Waals surface area (Å²) >= 11 is 5.32. The third kappa shape index (κ3) is 4.23. The summed E-state index contributed by atoms with van der Waals surface area (Å²) in [4.78, 5) is 8.98. The van der Waals surface area contributed by atoms with Gasteiger partial charge in [0.25, 0.3) is 0 Å². The van der Waals surface area contributed by atoms with Gasteiger partial charge in [0, 0.05) is 31.0 Å². The van der Waals surface area contributed by atoms with Gasteiger partial charge in [0.05, 0.1) is 0 Å². The molecule has 3 nitrogen and oxygen atoms in total. The number of thioether (sulfide) groups is 1. The summed E-state index contributed by atoms with van der Waals surface area (Å²) in [5, 5.41) is 1.72. The van der Waals surface area contributed by atoms with E-state index in [1.807, 2.05) is 17.8 Å². The van der Waals surface area contributed by atoms with E-state index >= 15 is 0 Å². The molecule has 17 heavy (non-hydrogen) atoms. The van der Waals surface area contributed by atoms with Gasteiger partial charge in [0.15, 0.2) is 0 Å². The van der Waals surface area contributed by atoms with E-state index in [1.165, 1.54) is 0 Å². The molecule has 2 heterocycles. The van der Waals surface area contributed by atoms with E-state index in [0.717, 1.165) is 54.4 Å². The molecule has 2 rings (SSSR count). The average molecular weight is 317 g/mol. The Morgan fingerprint density at radius 3 is 2.88 bits per heavy atom. The SMILES string of the molecule is CCCc1nc(Br)cc(SC2CCOCC2)n1. The maximum atomic E-state index is 5.37. The molecule has 0 amide bonds. The van der Waals surface area contributed by atoms with Crippen LogP contribution < -0.4 is 0 Å². The van der Waals surface area contributed by atoms with Gasteiger partial charge in [0.1, 0.15) is 15.5 Å². The first-order valence-electron chi connectivity index (χ1n) is 6.06. The van der Waals surface area contributed by atoms with Crippen molar-refractivity contribution in [3.8, 4) is 0 Å². The Kier molecular flexibility index (Phi) is 5.25. The third-order valence-electron chi connectivity index (χ3n) is 2.65. The van der Waals surface area contributed by atoms with Crippen molar-refractivity contribution in [3.05, 3.63) is 16.5 Å². The maximum Gasteiger partial charge on any atom is 0.130 e. The minimum absolute atomic E-state index is 0.639. The van der Waals surface area contributed by atoms with Gasteiger partial charge in [-0.15, -0.1) is 11.8 Å².